The Morgan fingerprint density at radius 2 is 1.65 bits per heavy atom. The normalized spacial score (nSPS) is 20.4. The number of rotatable bonds is 1. The number of aryl methyl sites for hydroxylation is 1. The second-order valence-corrected chi connectivity index (χ2v) is 5.04. The van der Waals surface area contributed by atoms with E-state index in [1.807, 2.05) is 25.1 Å². The van der Waals surface area contributed by atoms with Crippen LogP contribution in [0.3, 0.4) is 0 Å². The van der Waals surface area contributed by atoms with Crippen molar-refractivity contribution in [2.75, 3.05) is 0 Å². The van der Waals surface area contributed by atoms with E-state index in [0.717, 1.165) is 11.1 Å². The molecule has 1 aliphatic carbocycles. The molecule has 17 heavy (non-hydrogen) atoms. The van der Waals surface area contributed by atoms with Gasteiger partial charge >= 0.3 is 0 Å². The summed E-state index contributed by atoms with van der Waals surface area (Å²) in [7, 11) is 0. The second kappa shape index (κ2) is 4.06. The standard InChI is InChI=1S/C16H20O/c1-9-7-6-8-14(16(9)17)15-12(4)10(2)11(3)13(15)5/h6-8,12,17H,1-5H3. The zero-order chi connectivity index (χ0) is 12.7. The summed E-state index contributed by atoms with van der Waals surface area (Å²) in [5.41, 5.74) is 7.31. The molecule has 1 nitrogen and oxygen atoms in total. The lowest BCUT2D eigenvalue weighted by Crippen LogP contribution is -1.98. The van der Waals surface area contributed by atoms with Crippen LogP contribution in [-0.2, 0) is 0 Å². The third kappa shape index (κ3) is 1.70. The number of hydrogen-bond donors (Lipinski definition) is 1. The molecule has 0 aromatic heterocycles. The monoisotopic (exact) mass is 228 g/mol. The van der Waals surface area contributed by atoms with Crippen molar-refractivity contribution in [1.29, 1.82) is 0 Å². The molecule has 0 amide bonds. The fraction of sp³-hybridized carbons (Fsp3) is 0.375. The van der Waals surface area contributed by atoms with Gasteiger partial charge in [0.05, 0.1) is 0 Å². The number of benzene rings is 1. The van der Waals surface area contributed by atoms with Gasteiger partial charge in [-0.25, -0.2) is 0 Å². The van der Waals surface area contributed by atoms with E-state index in [0.29, 0.717) is 11.7 Å². The third-order valence-electron chi connectivity index (χ3n) is 4.17. The lowest BCUT2D eigenvalue weighted by atomic mass is 9.90. The molecule has 0 bridgehead atoms. The van der Waals surface area contributed by atoms with Crippen LogP contribution >= 0.6 is 0 Å². The maximum atomic E-state index is 10.2. The summed E-state index contributed by atoms with van der Waals surface area (Å²) in [6.45, 7) is 10.7. The Labute approximate surface area is 103 Å². The van der Waals surface area contributed by atoms with Gasteiger partial charge < -0.3 is 5.11 Å². The summed E-state index contributed by atoms with van der Waals surface area (Å²) in [5.74, 6) is 0.832. The molecule has 1 aromatic carbocycles. The van der Waals surface area contributed by atoms with Gasteiger partial charge in [-0.15, -0.1) is 0 Å². The summed E-state index contributed by atoms with van der Waals surface area (Å²) in [5, 5.41) is 10.2. The molecule has 1 heteroatoms. The SMILES string of the molecule is CC1=C(C)C(C)C(c2cccc(C)c2O)=C1C. The van der Waals surface area contributed by atoms with Crippen LogP contribution in [0.25, 0.3) is 5.57 Å². The molecule has 0 heterocycles. The Morgan fingerprint density at radius 1 is 1.00 bits per heavy atom. The first-order valence-corrected chi connectivity index (χ1v) is 6.12. The summed E-state index contributed by atoms with van der Waals surface area (Å²) in [4.78, 5) is 0. The van der Waals surface area contributed by atoms with E-state index in [1.54, 1.807) is 0 Å². The molecule has 1 N–H and O–H groups in total. The summed E-state index contributed by atoms with van der Waals surface area (Å²) in [6.07, 6.45) is 0. The maximum absolute atomic E-state index is 10.2. The van der Waals surface area contributed by atoms with Crippen molar-refractivity contribution < 1.29 is 5.11 Å². The largest absolute Gasteiger partial charge is 0.507 e. The van der Waals surface area contributed by atoms with Crippen LogP contribution in [0.4, 0.5) is 0 Å². The molecular weight excluding hydrogens is 208 g/mol. The van der Waals surface area contributed by atoms with Gasteiger partial charge in [0.1, 0.15) is 5.75 Å². The second-order valence-electron chi connectivity index (χ2n) is 5.04. The topological polar surface area (TPSA) is 20.2 Å². The fourth-order valence-corrected chi connectivity index (χ4v) is 2.68. The molecule has 0 radical (unpaired) electrons. The first-order chi connectivity index (χ1) is 7.95. The summed E-state index contributed by atoms with van der Waals surface area (Å²) in [6, 6.07) is 5.98. The molecule has 0 saturated carbocycles. The zero-order valence-corrected chi connectivity index (χ0v) is 11.3. The quantitative estimate of drug-likeness (QED) is 0.752. The van der Waals surface area contributed by atoms with Crippen LogP contribution in [0.5, 0.6) is 5.75 Å². The lowest BCUT2D eigenvalue weighted by molar-refractivity contribution is 0.468. The van der Waals surface area contributed by atoms with Crippen molar-refractivity contribution in [2.45, 2.75) is 34.6 Å². The molecule has 90 valence electrons. The fourth-order valence-electron chi connectivity index (χ4n) is 2.68. The van der Waals surface area contributed by atoms with E-state index >= 15 is 0 Å². The van der Waals surface area contributed by atoms with Crippen LogP contribution in [0.2, 0.25) is 0 Å². The molecule has 0 fully saturated rings. The van der Waals surface area contributed by atoms with Gasteiger partial charge in [0, 0.05) is 11.5 Å². The lowest BCUT2D eigenvalue weighted by Gasteiger charge is -2.15. The third-order valence-corrected chi connectivity index (χ3v) is 4.17. The zero-order valence-electron chi connectivity index (χ0n) is 11.3. The van der Waals surface area contributed by atoms with E-state index in [2.05, 4.69) is 27.7 Å². The minimum absolute atomic E-state index is 0.405. The smallest absolute Gasteiger partial charge is 0.126 e. The van der Waals surface area contributed by atoms with Crippen molar-refractivity contribution in [2.24, 2.45) is 5.92 Å². The highest BCUT2D eigenvalue weighted by molar-refractivity contribution is 5.82. The van der Waals surface area contributed by atoms with Crippen LogP contribution in [-0.4, -0.2) is 5.11 Å². The van der Waals surface area contributed by atoms with E-state index in [1.165, 1.54) is 22.3 Å². The first kappa shape index (κ1) is 12.0. The van der Waals surface area contributed by atoms with Crippen molar-refractivity contribution in [3.05, 3.63) is 46.0 Å². The van der Waals surface area contributed by atoms with E-state index in [-0.39, 0.29) is 0 Å². The number of aromatic hydroxyl groups is 1. The van der Waals surface area contributed by atoms with Crippen LogP contribution in [0.15, 0.2) is 34.9 Å². The molecule has 1 atom stereocenters. The van der Waals surface area contributed by atoms with Crippen molar-refractivity contribution in [3.63, 3.8) is 0 Å². The van der Waals surface area contributed by atoms with Gasteiger partial charge in [-0.3, -0.25) is 0 Å². The highest BCUT2D eigenvalue weighted by atomic mass is 16.3. The Kier molecular flexibility index (Phi) is 2.86. The van der Waals surface area contributed by atoms with Crippen molar-refractivity contribution >= 4 is 5.57 Å². The van der Waals surface area contributed by atoms with Crippen LogP contribution in [0.1, 0.15) is 38.8 Å². The van der Waals surface area contributed by atoms with Gasteiger partial charge in [0.25, 0.3) is 0 Å². The Hall–Kier alpha value is -1.50. The number of para-hydroxylation sites is 1. The summed E-state index contributed by atoms with van der Waals surface area (Å²) < 4.78 is 0. The molecule has 1 unspecified atom stereocenters. The molecule has 0 spiro atoms. The molecule has 1 aliphatic rings. The number of allylic oxidation sites excluding steroid dienone is 4. The minimum atomic E-state index is 0.405. The summed E-state index contributed by atoms with van der Waals surface area (Å²) >= 11 is 0. The highest BCUT2D eigenvalue weighted by Crippen LogP contribution is 2.45. The predicted molar refractivity (Wildman–Crippen MR) is 73.0 cm³/mol. The number of phenolic OH excluding ortho intramolecular Hbond substituents is 1. The van der Waals surface area contributed by atoms with E-state index in [9.17, 15) is 5.11 Å². The first-order valence-electron chi connectivity index (χ1n) is 6.12. The molecular formula is C16H20O. The van der Waals surface area contributed by atoms with Gasteiger partial charge in [0.15, 0.2) is 0 Å². The Morgan fingerprint density at radius 3 is 2.18 bits per heavy atom. The van der Waals surface area contributed by atoms with Crippen LogP contribution < -0.4 is 0 Å². The van der Waals surface area contributed by atoms with E-state index < -0.39 is 0 Å². The number of phenols is 1. The average Bonchev–Trinajstić information content (AvgIpc) is 2.49. The predicted octanol–water partition coefficient (Wildman–Crippen LogP) is 4.46. The van der Waals surface area contributed by atoms with Crippen LogP contribution in [0, 0.1) is 12.8 Å². The number of hydrogen-bond acceptors (Lipinski definition) is 1. The molecule has 2 rings (SSSR count). The van der Waals surface area contributed by atoms with Gasteiger partial charge in [-0.2, -0.15) is 0 Å². The molecule has 1 aromatic rings. The van der Waals surface area contributed by atoms with Crippen molar-refractivity contribution in [1.82, 2.24) is 0 Å². The van der Waals surface area contributed by atoms with Gasteiger partial charge in [-0.1, -0.05) is 30.7 Å². The minimum Gasteiger partial charge on any atom is -0.507 e. The molecule has 0 saturated heterocycles. The molecule has 0 aliphatic heterocycles. The van der Waals surface area contributed by atoms with E-state index in [4.69, 9.17) is 0 Å². The van der Waals surface area contributed by atoms with Gasteiger partial charge in [0.2, 0.25) is 0 Å². The maximum Gasteiger partial charge on any atom is 0.126 e. The van der Waals surface area contributed by atoms with Gasteiger partial charge in [-0.05, 0) is 50.0 Å². The Balaban J connectivity index is 2.61. The highest BCUT2D eigenvalue weighted by Gasteiger charge is 2.26. The average molecular weight is 228 g/mol. The Bertz CT molecular complexity index is 532. The van der Waals surface area contributed by atoms with Crippen molar-refractivity contribution in [3.8, 4) is 5.75 Å².